The van der Waals surface area contributed by atoms with Gasteiger partial charge in [-0.3, -0.25) is 4.68 Å². The molecular formula is C15H19N5O. The molecule has 2 rings (SSSR count). The Hall–Kier alpha value is -2.46. The van der Waals surface area contributed by atoms with E-state index in [0.29, 0.717) is 6.54 Å². The molecule has 0 amide bonds. The average molecular weight is 285 g/mol. The number of benzene rings is 1. The maximum Gasteiger partial charge on any atom is 0.118 e. The Morgan fingerprint density at radius 2 is 2.10 bits per heavy atom. The third kappa shape index (κ3) is 3.77. The Morgan fingerprint density at radius 1 is 1.33 bits per heavy atom. The number of hydrogen-bond acceptors (Lipinski definition) is 3. The molecule has 0 N–H and O–H groups in total. The molecule has 6 nitrogen and oxygen atoms in total. The van der Waals surface area contributed by atoms with Crippen LogP contribution in [0.15, 0.2) is 41.6 Å². The van der Waals surface area contributed by atoms with Crippen molar-refractivity contribution in [2.75, 3.05) is 7.11 Å². The van der Waals surface area contributed by atoms with Crippen LogP contribution in [-0.2, 0) is 6.54 Å². The highest BCUT2D eigenvalue weighted by molar-refractivity contribution is 5.27. The first-order valence-electron chi connectivity index (χ1n) is 6.97. The van der Waals surface area contributed by atoms with Crippen LogP contribution in [0.25, 0.3) is 10.4 Å². The standard InChI is InChI=1S/C15H19N5O/c1-3-4-14(18-19-16)15-9-10-17-20(15)11-12-5-7-13(21-2)8-6-12/h5-10,14H,3-4,11H2,1-2H3. The van der Waals surface area contributed by atoms with Crippen LogP contribution >= 0.6 is 0 Å². The molecule has 0 aliphatic rings. The minimum Gasteiger partial charge on any atom is -0.497 e. The quantitative estimate of drug-likeness (QED) is 0.436. The van der Waals surface area contributed by atoms with Gasteiger partial charge in [0.05, 0.1) is 19.7 Å². The maximum absolute atomic E-state index is 8.72. The molecule has 110 valence electrons. The average Bonchev–Trinajstić information content (AvgIpc) is 2.96. The van der Waals surface area contributed by atoms with Crippen molar-refractivity contribution >= 4 is 0 Å². The van der Waals surface area contributed by atoms with Gasteiger partial charge in [0.1, 0.15) is 5.75 Å². The number of ether oxygens (including phenoxy) is 1. The molecule has 1 aromatic carbocycles. The number of hydrogen-bond donors (Lipinski definition) is 0. The summed E-state index contributed by atoms with van der Waals surface area (Å²) in [5.74, 6) is 0.831. The summed E-state index contributed by atoms with van der Waals surface area (Å²) in [4.78, 5) is 2.95. The first kappa shape index (κ1) is 14.9. The predicted octanol–water partition coefficient (Wildman–Crippen LogP) is 4.09. The number of azide groups is 1. The van der Waals surface area contributed by atoms with E-state index in [4.69, 9.17) is 10.3 Å². The smallest absolute Gasteiger partial charge is 0.118 e. The van der Waals surface area contributed by atoms with Crippen LogP contribution in [0, 0.1) is 0 Å². The fraction of sp³-hybridized carbons (Fsp3) is 0.400. The molecule has 0 aliphatic carbocycles. The number of rotatable bonds is 7. The topological polar surface area (TPSA) is 75.8 Å². The SMILES string of the molecule is CCCC(N=[N+]=[N-])c1ccnn1Cc1ccc(OC)cc1. The molecule has 0 bridgehead atoms. The van der Waals surface area contributed by atoms with E-state index in [9.17, 15) is 0 Å². The van der Waals surface area contributed by atoms with Crippen molar-refractivity contribution in [3.8, 4) is 5.75 Å². The Bertz CT molecular complexity index is 613. The second-order valence-electron chi connectivity index (χ2n) is 4.77. The summed E-state index contributed by atoms with van der Waals surface area (Å²) in [6, 6.07) is 9.61. The van der Waals surface area contributed by atoms with Crippen molar-refractivity contribution in [1.82, 2.24) is 9.78 Å². The molecule has 1 aromatic heterocycles. The van der Waals surface area contributed by atoms with E-state index in [0.717, 1.165) is 29.8 Å². The van der Waals surface area contributed by atoms with Crippen LogP contribution in [0.3, 0.4) is 0 Å². The zero-order chi connectivity index (χ0) is 15.1. The molecule has 0 aliphatic heterocycles. The molecule has 1 heterocycles. The van der Waals surface area contributed by atoms with Gasteiger partial charge in [0, 0.05) is 16.8 Å². The summed E-state index contributed by atoms with van der Waals surface area (Å²) < 4.78 is 7.04. The molecule has 0 spiro atoms. The fourth-order valence-electron chi connectivity index (χ4n) is 2.26. The van der Waals surface area contributed by atoms with E-state index in [1.165, 1.54) is 0 Å². The van der Waals surface area contributed by atoms with Crippen LogP contribution in [-0.4, -0.2) is 16.9 Å². The molecule has 6 heteroatoms. The van der Waals surface area contributed by atoms with Gasteiger partial charge in [-0.15, -0.1) is 0 Å². The van der Waals surface area contributed by atoms with Crippen molar-refractivity contribution in [3.05, 3.63) is 58.2 Å². The van der Waals surface area contributed by atoms with Crippen molar-refractivity contribution in [2.45, 2.75) is 32.4 Å². The van der Waals surface area contributed by atoms with Gasteiger partial charge in [-0.05, 0) is 35.7 Å². The van der Waals surface area contributed by atoms with E-state index >= 15 is 0 Å². The van der Waals surface area contributed by atoms with Crippen LogP contribution in [0.4, 0.5) is 0 Å². The van der Waals surface area contributed by atoms with Crippen molar-refractivity contribution < 1.29 is 4.74 Å². The van der Waals surface area contributed by atoms with E-state index in [2.05, 4.69) is 22.0 Å². The molecule has 0 fully saturated rings. The monoisotopic (exact) mass is 285 g/mol. The molecule has 0 saturated heterocycles. The van der Waals surface area contributed by atoms with E-state index < -0.39 is 0 Å². The Kier molecular flexibility index (Phi) is 5.23. The van der Waals surface area contributed by atoms with Gasteiger partial charge < -0.3 is 4.74 Å². The summed E-state index contributed by atoms with van der Waals surface area (Å²) in [6.07, 6.45) is 3.52. The van der Waals surface area contributed by atoms with Gasteiger partial charge >= 0.3 is 0 Å². The normalized spacial score (nSPS) is 11.7. The number of methoxy groups -OCH3 is 1. The van der Waals surface area contributed by atoms with Gasteiger partial charge in [-0.25, -0.2) is 0 Å². The lowest BCUT2D eigenvalue weighted by Crippen LogP contribution is -2.09. The molecule has 1 atom stereocenters. The fourth-order valence-corrected chi connectivity index (χ4v) is 2.26. The van der Waals surface area contributed by atoms with Gasteiger partial charge in [-0.2, -0.15) is 5.10 Å². The van der Waals surface area contributed by atoms with Gasteiger partial charge in [0.25, 0.3) is 0 Å². The minimum absolute atomic E-state index is 0.166. The Labute approximate surface area is 124 Å². The summed E-state index contributed by atoms with van der Waals surface area (Å²) in [5.41, 5.74) is 10.8. The van der Waals surface area contributed by atoms with Crippen LogP contribution in [0.1, 0.15) is 37.1 Å². The minimum atomic E-state index is -0.166. The molecule has 2 aromatic rings. The molecule has 0 radical (unpaired) electrons. The number of aromatic nitrogens is 2. The Balaban J connectivity index is 2.20. The van der Waals surface area contributed by atoms with Crippen LogP contribution in [0.5, 0.6) is 5.75 Å². The first-order chi connectivity index (χ1) is 10.3. The van der Waals surface area contributed by atoms with E-state index in [1.54, 1.807) is 13.3 Å². The van der Waals surface area contributed by atoms with Crippen LogP contribution in [0.2, 0.25) is 0 Å². The highest BCUT2D eigenvalue weighted by atomic mass is 16.5. The lowest BCUT2D eigenvalue weighted by molar-refractivity contribution is 0.414. The lowest BCUT2D eigenvalue weighted by Gasteiger charge is -2.13. The molecular weight excluding hydrogens is 266 g/mol. The summed E-state index contributed by atoms with van der Waals surface area (Å²) >= 11 is 0. The highest BCUT2D eigenvalue weighted by Gasteiger charge is 2.14. The third-order valence-corrected chi connectivity index (χ3v) is 3.34. The van der Waals surface area contributed by atoms with E-state index in [-0.39, 0.29) is 6.04 Å². The maximum atomic E-state index is 8.72. The lowest BCUT2D eigenvalue weighted by atomic mass is 10.1. The van der Waals surface area contributed by atoms with Gasteiger partial charge in [-0.1, -0.05) is 30.6 Å². The van der Waals surface area contributed by atoms with Crippen molar-refractivity contribution in [1.29, 1.82) is 0 Å². The summed E-state index contributed by atoms with van der Waals surface area (Å²) in [6.45, 7) is 2.72. The first-order valence-corrected chi connectivity index (χ1v) is 6.97. The van der Waals surface area contributed by atoms with Crippen molar-refractivity contribution in [3.63, 3.8) is 0 Å². The predicted molar refractivity (Wildman–Crippen MR) is 81.1 cm³/mol. The molecule has 21 heavy (non-hydrogen) atoms. The molecule has 0 saturated carbocycles. The third-order valence-electron chi connectivity index (χ3n) is 3.34. The highest BCUT2D eigenvalue weighted by Crippen LogP contribution is 2.23. The second kappa shape index (κ2) is 7.36. The molecule has 1 unspecified atom stereocenters. The Morgan fingerprint density at radius 3 is 2.71 bits per heavy atom. The second-order valence-corrected chi connectivity index (χ2v) is 4.77. The van der Waals surface area contributed by atoms with E-state index in [1.807, 2.05) is 35.0 Å². The number of nitrogens with zero attached hydrogens (tertiary/aromatic N) is 5. The van der Waals surface area contributed by atoms with Crippen molar-refractivity contribution in [2.24, 2.45) is 5.11 Å². The zero-order valence-corrected chi connectivity index (χ0v) is 12.3. The van der Waals surface area contributed by atoms with Crippen LogP contribution < -0.4 is 4.74 Å². The largest absolute Gasteiger partial charge is 0.497 e. The summed E-state index contributed by atoms with van der Waals surface area (Å²) in [7, 11) is 1.65. The zero-order valence-electron chi connectivity index (χ0n) is 12.3. The van der Waals surface area contributed by atoms with Gasteiger partial charge in [0.15, 0.2) is 0 Å². The van der Waals surface area contributed by atoms with Gasteiger partial charge in [0.2, 0.25) is 0 Å². The summed E-state index contributed by atoms with van der Waals surface area (Å²) in [5, 5.41) is 8.23.